The Morgan fingerprint density at radius 2 is 2.11 bits per heavy atom. The number of aryl methyl sites for hydroxylation is 1. The molecular weight excluding hydrogens is 369 g/mol. The Kier molecular flexibility index (Phi) is 4.61. The lowest BCUT2D eigenvalue weighted by Gasteiger charge is -2.23. The molecule has 1 aliphatic heterocycles. The van der Waals surface area contributed by atoms with Crippen LogP contribution in [-0.2, 0) is 10.0 Å². The van der Waals surface area contributed by atoms with Crippen LogP contribution in [0.1, 0.15) is 18.4 Å². The van der Waals surface area contributed by atoms with Crippen LogP contribution in [0.3, 0.4) is 0 Å². The molecule has 0 saturated carbocycles. The molecule has 2 aromatic carbocycles. The van der Waals surface area contributed by atoms with Gasteiger partial charge in [-0.3, -0.25) is 0 Å². The Morgan fingerprint density at radius 1 is 1.30 bits per heavy atom. The summed E-state index contributed by atoms with van der Waals surface area (Å²) < 4.78 is 47.0. The standard InChI is InChI=1S/C19H20FN3O3S/c1-13-11-14(20)8-9-18(13)27(24,25)21-12-15-5-4-10-23(15)19-22-16-6-2-3-7-17(16)26-19/h2-3,6-9,11,15,21H,4-5,10,12H2,1H3. The fourth-order valence-electron chi connectivity index (χ4n) is 3.48. The van der Waals surface area contributed by atoms with E-state index >= 15 is 0 Å². The largest absolute Gasteiger partial charge is 0.423 e. The molecule has 4 rings (SSSR count). The monoisotopic (exact) mass is 389 g/mol. The summed E-state index contributed by atoms with van der Waals surface area (Å²) in [5, 5.41) is 0. The molecule has 0 spiro atoms. The molecular formula is C19H20FN3O3S. The minimum atomic E-state index is -3.72. The highest BCUT2D eigenvalue weighted by molar-refractivity contribution is 7.89. The minimum absolute atomic E-state index is 0.0476. The quantitative estimate of drug-likeness (QED) is 0.725. The molecule has 0 bridgehead atoms. The lowest BCUT2D eigenvalue weighted by molar-refractivity contribution is 0.533. The van der Waals surface area contributed by atoms with Crippen LogP contribution in [0.2, 0.25) is 0 Å². The molecule has 2 heterocycles. The van der Waals surface area contributed by atoms with E-state index < -0.39 is 15.8 Å². The van der Waals surface area contributed by atoms with Crippen molar-refractivity contribution in [2.45, 2.75) is 30.7 Å². The second-order valence-corrected chi connectivity index (χ2v) is 8.45. The number of fused-ring (bicyclic) bond motifs is 1. The zero-order valence-electron chi connectivity index (χ0n) is 14.9. The van der Waals surface area contributed by atoms with Gasteiger partial charge in [0.2, 0.25) is 10.0 Å². The summed E-state index contributed by atoms with van der Waals surface area (Å²) in [4.78, 5) is 6.60. The molecule has 27 heavy (non-hydrogen) atoms. The van der Waals surface area contributed by atoms with Crippen LogP contribution >= 0.6 is 0 Å². The molecule has 1 aliphatic rings. The normalized spacial score (nSPS) is 17.7. The molecule has 0 amide bonds. The summed E-state index contributed by atoms with van der Waals surface area (Å²) in [5.74, 6) is -0.454. The van der Waals surface area contributed by atoms with Crippen molar-refractivity contribution in [3.8, 4) is 0 Å². The van der Waals surface area contributed by atoms with Crippen molar-refractivity contribution in [3.63, 3.8) is 0 Å². The average Bonchev–Trinajstić information content (AvgIpc) is 3.26. The van der Waals surface area contributed by atoms with E-state index in [9.17, 15) is 12.8 Å². The Morgan fingerprint density at radius 3 is 2.89 bits per heavy atom. The van der Waals surface area contributed by atoms with Gasteiger partial charge in [-0.05, 0) is 55.7 Å². The van der Waals surface area contributed by atoms with Gasteiger partial charge in [0.25, 0.3) is 6.01 Å². The van der Waals surface area contributed by atoms with E-state index in [4.69, 9.17) is 4.42 Å². The van der Waals surface area contributed by atoms with Gasteiger partial charge in [-0.25, -0.2) is 17.5 Å². The smallest absolute Gasteiger partial charge is 0.298 e. The van der Waals surface area contributed by atoms with Gasteiger partial charge in [-0.1, -0.05) is 12.1 Å². The predicted molar refractivity (Wildman–Crippen MR) is 101 cm³/mol. The first-order chi connectivity index (χ1) is 12.9. The van der Waals surface area contributed by atoms with Gasteiger partial charge in [0.1, 0.15) is 11.3 Å². The topological polar surface area (TPSA) is 75.4 Å². The minimum Gasteiger partial charge on any atom is -0.423 e. The lowest BCUT2D eigenvalue weighted by Crippen LogP contribution is -2.40. The third kappa shape index (κ3) is 3.54. The van der Waals surface area contributed by atoms with Crippen molar-refractivity contribution in [1.29, 1.82) is 0 Å². The molecule has 1 N–H and O–H groups in total. The predicted octanol–water partition coefficient (Wildman–Crippen LogP) is 3.22. The van der Waals surface area contributed by atoms with E-state index in [1.165, 1.54) is 12.1 Å². The Hall–Kier alpha value is -2.45. The van der Waals surface area contributed by atoms with Gasteiger partial charge in [0, 0.05) is 19.1 Å². The van der Waals surface area contributed by atoms with Crippen molar-refractivity contribution >= 4 is 27.1 Å². The summed E-state index contributed by atoms with van der Waals surface area (Å²) in [6.07, 6.45) is 1.77. The van der Waals surface area contributed by atoms with Gasteiger partial charge in [-0.15, -0.1) is 0 Å². The SMILES string of the molecule is Cc1cc(F)ccc1S(=O)(=O)NCC1CCCN1c1nc2ccccc2o1. The Labute approximate surface area is 157 Å². The van der Waals surface area contributed by atoms with E-state index in [2.05, 4.69) is 9.71 Å². The molecule has 1 fully saturated rings. The number of sulfonamides is 1. The highest BCUT2D eigenvalue weighted by atomic mass is 32.2. The first-order valence-electron chi connectivity index (χ1n) is 8.82. The number of nitrogens with zero attached hydrogens (tertiary/aromatic N) is 2. The van der Waals surface area contributed by atoms with Gasteiger partial charge in [-0.2, -0.15) is 4.98 Å². The van der Waals surface area contributed by atoms with Crippen LogP contribution < -0.4 is 9.62 Å². The maximum Gasteiger partial charge on any atom is 0.298 e. The van der Waals surface area contributed by atoms with Crippen LogP contribution in [0.5, 0.6) is 0 Å². The number of benzene rings is 2. The molecule has 1 unspecified atom stereocenters. The molecule has 0 aliphatic carbocycles. The fraction of sp³-hybridized carbons (Fsp3) is 0.316. The number of aromatic nitrogens is 1. The second-order valence-electron chi connectivity index (χ2n) is 6.72. The zero-order chi connectivity index (χ0) is 19.0. The van der Waals surface area contributed by atoms with E-state index in [1.807, 2.05) is 29.2 Å². The molecule has 8 heteroatoms. The van der Waals surface area contributed by atoms with Crippen molar-refractivity contribution in [2.75, 3.05) is 18.0 Å². The highest BCUT2D eigenvalue weighted by Gasteiger charge is 2.30. The Bertz CT molecular complexity index is 1050. The first-order valence-corrected chi connectivity index (χ1v) is 10.3. The van der Waals surface area contributed by atoms with Crippen molar-refractivity contribution in [1.82, 2.24) is 9.71 Å². The van der Waals surface area contributed by atoms with Gasteiger partial charge >= 0.3 is 0 Å². The van der Waals surface area contributed by atoms with Crippen molar-refractivity contribution < 1.29 is 17.2 Å². The lowest BCUT2D eigenvalue weighted by atomic mass is 10.2. The maximum atomic E-state index is 13.3. The van der Waals surface area contributed by atoms with Crippen LogP contribution in [0, 0.1) is 12.7 Å². The number of oxazole rings is 1. The zero-order valence-corrected chi connectivity index (χ0v) is 15.7. The number of hydrogen-bond acceptors (Lipinski definition) is 5. The molecule has 1 aromatic heterocycles. The third-order valence-corrected chi connectivity index (χ3v) is 6.42. The number of para-hydroxylation sites is 2. The number of nitrogens with one attached hydrogen (secondary N) is 1. The number of hydrogen-bond donors (Lipinski definition) is 1. The van der Waals surface area contributed by atoms with Crippen LogP contribution in [0.15, 0.2) is 51.8 Å². The molecule has 6 nitrogen and oxygen atoms in total. The van der Waals surface area contributed by atoms with Crippen molar-refractivity contribution in [3.05, 3.63) is 53.8 Å². The van der Waals surface area contributed by atoms with Crippen LogP contribution in [-0.4, -0.2) is 32.5 Å². The number of halogens is 1. The van der Waals surface area contributed by atoms with E-state index in [0.29, 0.717) is 17.2 Å². The third-order valence-electron chi connectivity index (χ3n) is 4.84. The fourth-order valence-corrected chi connectivity index (χ4v) is 4.78. The van der Waals surface area contributed by atoms with Gasteiger partial charge in [0.05, 0.1) is 4.90 Å². The van der Waals surface area contributed by atoms with Crippen LogP contribution in [0.25, 0.3) is 11.1 Å². The van der Waals surface area contributed by atoms with E-state index in [1.54, 1.807) is 6.92 Å². The van der Waals surface area contributed by atoms with Crippen molar-refractivity contribution in [2.24, 2.45) is 0 Å². The van der Waals surface area contributed by atoms with Crippen LogP contribution in [0.4, 0.5) is 10.4 Å². The highest BCUT2D eigenvalue weighted by Crippen LogP contribution is 2.28. The Balaban J connectivity index is 1.51. The van der Waals surface area contributed by atoms with E-state index in [-0.39, 0.29) is 17.5 Å². The van der Waals surface area contributed by atoms with E-state index in [0.717, 1.165) is 31.0 Å². The summed E-state index contributed by atoms with van der Waals surface area (Å²) in [7, 11) is -3.72. The average molecular weight is 389 g/mol. The summed E-state index contributed by atoms with van der Waals surface area (Å²) in [6, 6.07) is 11.7. The summed E-state index contributed by atoms with van der Waals surface area (Å²) in [6.45, 7) is 2.57. The second kappa shape index (κ2) is 6.94. The number of rotatable bonds is 5. The molecule has 1 atom stereocenters. The molecule has 3 aromatic rings. The molecule has 1 saturated heterocycles. The summed E-state index contributed by atoms with van der Waals surface area (Å²) in [5.41, 5.74) is 1.87. The first kappa shape index (κ1) is 17.9. The molecule has 142 valence electrons. The van der Waals surface area contributed by atoms with Gasteiger partial charge in [0.15, 0.2) is 5.58 Å². The molecule has 0 radical (unpaired) electrons. The maximum absolute atomic E-state index is 13.3. The summed E-state index contributed by atoms with van der Waals surface area (Å²) >= 11 is 0. The van der Waals surface area contributed by atoms with Gasteiger partial charge < -0.3 is 9.32 Å². The number of anilines is 1.